The summed E-state index contributed by atoms with van der Waals surface area (Å²) in [5, 5.41) is 5.52. The zero-order valence-electron chi connectivity index (χ0n) is 19.7. The molecule has 3 heterocycles. The van der Waals surface area contributed by atoms with Gasteiger partial charge in [-0.2, -0.15) is 0 Å². The maximum Gasteiger partial charge on any atom is 0.271 e. The zero-order chi connectivity index (χ0) is 25.1. The molecule has 8 heteroatoms. The molecule has 0 aliphatic heterocycles. The summed E-state index contributed by atoms with van der Waals surface area (Å²) in [4.78, 5) is 33.5. The molecule has 0 fully saturated rings. The molecule has 0 aliphatic carbocycles. The van der Waals surface area contributed by atoms with Gasteiger partial charge in [-0.05, 0) is 47.7 Å². The van der Waals surface area contributed by atoms with Crippen molar-refractivity contribution in [3.63, 3.8) is 0 Å². The number of nitrogens with one attached hydrogen (secondary N) is 1. The molecule has 1 N–H and O–H groups in total. The molecule has 0 unspecified atom stereocenters. The predicted octanol–water partition coefficient (Wildman–Crippen LogP) is 4.58. The smallest absolute Gasteiger partial charge is 0.271 e. The maximum atomic E-state index is 12.7. The van der Waals surface area contributed by atoms with Crippen molar-refractivity contribution < 1.29 is 4.79 Å². The molecule has 0 bridgehead atoms. The standard InChI is InChI=1S/C28H24ClN5O2/c1-19-32-26(28(36)31-15-25-13-23-12-24(29)10-9-22(23)14-30-25)18-34(19)17-21-7-5-20(6-8-21)16-33-11-3-2-4-27(33)35/h2-14,18H,15-17H2,1H3,(H,31,36). The number of aromatic nitrogens is 4. The Morgan fingerprint density at radius 1 is 0.944 bits per heavy atom. The SMILES string of the molecule is Cc1nc(C(=O)NCc2cc3cc(Cl)ccc3cn2)cn1Cc1ccc(Cn2ccccc2=O)cc1. The summed E-state index contributed by atoms with van der Waals surface area (Å²) in [5.41, 5.74) is 3.19. The van der Waals surface area contributed by atoms with Gasteiger partial charge in [-0.3, -0.25) is 14.6 Å². The highest BCUT2D eigenvalue weighted by atomic mass is 35.5. The summed E-state index contributed by atoms with van der Waals surface area (Å²) in [6.07, 6.45) is 5.31. The number of amides is 1. The van der Waals surface area contributed by atoms with Crippen LogP contribution in [0.2, 0.25) is 5.02 Å². The second-order valence-electron chi connectivity index (χ2n) is 8.63. The third-order valence-corrected chi connectivity index (χ3v) is 6.24. The first-order valence-corrected chi connectivity index (χ1v) is 11.9. The molecule has 7 nitrogen and oxygen atoms in total. The summed E-state index contributed by atoms with van der Waals surface area (Å²) in [7, 11) is 0. The Kier molecular flexibility index (Phi) is 6.64. The number of aryl methyl sites for hydroxylation is 1. The lowest BCUT2D eigenvalue weighted by Gasteiger charge is -2.08. The Balaban J connectivity index is 1.22. The molecule has 0 saturated heterocycles. The van der Waals surface area contributed by atoms with Gasteiger partial charge in [0.05, 0.1) is 18.8 Å². The predicted molar refractivity (Wildman–Crippen MR) is 140 cm³/mol. The van der Waals surface area contributed by atoms with E-state index in [0.717, 1.165) is 33.4 Å². The van der Waals surface area contributed by atoms with Crippen LogP contribution in [0.1, 0.15) is 33.1 Å². The van der Waals surface area contributed by atoms with Crippen molar-refractivity contribution in [2.45, 2.75) is 26.6 Å². The van der Waals surface area contributed by atoms with Gasteiger partial charge in [0.25, 0.3) is 11.5 Å². The zero-order valence-corrected chi connectivity index (χ0v) is 20.4. The van der Waals surface area contributed by atoms with Crippen molar-refractivity contribution in [2.75, 3.05) is 0 Å². The van der Waals surface area contributed by atoms with Crippen LogP contribution in [0.3, 0.4) is 0 Å². The van der Waals surface area contributed by atoms with Crippen molar-refractivity contribution in [3.05, 3.63) is 129 Å². The van der Waals surface area contributed by atoms with E-state index in [4.69, 9.17) is 11.6 Å². The molecule has 0 spiro atoms. The van der Waals surface area contributed by atoms with Crippen molar-refractivity contribution in [1.82, 2.24) is 24.4 Å². The number of benzene rings is 2. The molecular formula is C28H24ClN5O2. The van der Waals surface area contributed by atoms with E-state index < -0.39 is 0 Å². The minimum Gasteiger partial charge on any atom is -0.345 e. The molecule has 36 heavy (non-hydrogen) atoms. The molecule has 0 atom stereocenters. The fraction of sp³-hybridized carbons (Fsp3) is 0.143. The number of pyridine rings is 2. The lowest BCUT2D eigenvalue weighted by atomic mass is 10.1. The Labute approximate surface area is 213 Å². The largest absolute Gasteiger partial charge is 0.345 e. The van der Waals surface area contributed by atoms with E-state index in [1.165, 1.54) is 0 Å². The van der Waals surface area contributed by atoms with Crippen LogP contribution in [0.5, 0.6) is 0 Å². The van der Waals surface area contributed by atoms with Crippen molar-refractivity contribution in [2.24, 2.45) is 0 Å². The van der Waals surface area contributed by atoms with Crippen molar-refractivity contribution in [3.8, 4) is 0 Å². The van der Waals surface area contributed by atoms with Crippen LogP contribution in [0.4, 0.5) is 0 Å². The molecule has 1 amide bonds. The van der Waals surface area contributed by atoms with Gasteiger partial charge < -0.3 is 14.5 Å². The van der Waals surface area contributed by atoms with Gasteiger partial charge in [-0.15, -0.1) is 0 Å². The first kappa shape index (κ1) is 23.5. The van der Waals surface area contributed by atoms with Crippen LogP contribution in [0.25, 0.3) is 10.8 Å². The molecule has 0 saturated carbocycles. The van der Waals surface area contributed by atoms with Crippen molar-refractivity contribution >= 4 is 28.3 Å². The third-order valence-electron chi connectivity index (χ3n) is 6.01. The van der Waals surface area contributed by atoms with E-state index in [1.54, 1.807) is 35.3 Å². The first-order chi connectivity index (χ1) is 17.4. The van der Waals surface area contributed by atoms with E-state index in [0.29, 0.717) is 30.4 Å². The first-order valence-electron chi connectivity index (χ1n) is 11.5. The van der Waals surface area contributed by atoms with Crippen molar-refractivity contribution in [1.29, 1.82) is 0 Å². The lowest BCUT2D eigenvalue weighted by Crippen LogP contribution is -2.23. The van der Waals surface area contributed by atoms with E-state index in [-0.39, 0.29) is 11.5 Å². The highest BCUT2D eigenvalue weighted by Crippen LogP contribution is 2.19. The average Bonchev–Trinajstić information content (AvgIpc) is 3.25. The fourth-order valence-corrected chi connectivity index (χ4v) is 4.21. The van der Waals surface area contributed by atoms with Crippen LogP contribution in [0, 0.1) is 6.92 Å². The molecule has 0 radical (unpaired) electrons. The van der Waals surface area contributed by atoms with Gasteiger partial charge in [-0.1, -0.05) is 48.0 Å². The van der Waals surface area contributed by atoms with Crippen LogP contribution in [0.15, 0.2) is 90.1 Å². The topological polar surface area (TPSA) is 81.8 Å². The monoisotopic (exact) mass is 497 g/mol. The van der Waals surface area contributed by atoms with Crippen LogP contribution >= 0.6 is 11.6 Å². The average molecular weight is 498 g/mol. The Bertz CT molecular complexity index is 1600. The number of nitrogens with zero attached hydrogens (tertiary/aromatic N) is 4. The Morgan fingerprint density at radius 2 is 1.69 bits per heavy atom. The molecular weight excluding hydrogens is 474 g/mol. The molecule has 180 valence electrons. The number of carbonyl (C=O) groups excluding carboxylic acids is 1. The minimum atomic E-state index is -0.256. The van der Waals surface area contributed by atoms with Crippen LogP contribution in [-0.4, -0.2) is 25.0 Å². The van der Waals surface area contributed by atoms with E-state index >= 15 is 0 Å². The molecule has 3 aromatic heterocycles. The van der Waals surface area contributed by atoms with E-state index in [9.17, 15) is 9.59 Å². The number of imidazole rings is 1. The third kappa shape index (κ3) is 5.37. The quantitative estimate of drug-likeness (QED) is 0.357. The fourth-order valence-electron chi connectivity index (χ4n) is 4.03. The van der Waals surface area contributed by atoms with E-state index in [2.05, 4.69) is 15.3 Å². The summed E-state index contributed by atoms with van der Waals surface area (Å²) < 4.78 is 3.62. The van der Waals surface area contributed by atoms with Gasteiger partial charge in [0.15, 0.2) is 0 Å². The molecule has 0 aliphatic rings. The Hall–Kier alpha value is -4.23. The second-order valence-corrected chi connectivity index (χ2v) is 9.07. The van der Waals surface area contributed by atoms with E-state index in [1.807, 2.05) is 66.1 Å². The van der Waals surface area contributed by atoms with Crippen LogP contribution in [-0.2, 0) is 19.6 Å². The molecule has 2 aromatic carbocycles. The van der Waals surface area contributed by atoms with Gasteiger partial charge in [0, 0.05) is 41.6 Å². The number of hydrogen-bond donors (Lipinski definition) is 1. The normalized spacial score (nSPS) is 11.1. The second kappa shape index (κ2) is 10.2. The van der Waals surface area contributed by atoms with Gasteiger partial charge in [0.1, 0.15) is 11.5 Å². The number of carbonyl (C=O) groups is 1. The van der Waals surface area contributed by atoms with Gasteiger partial charge >= 0.3 is 0 Å². The number of fused-ring (bicyclic) bond motifs is 1. The summed E-state index contributed by atoms with van der Waals surface area (Å²) in [5.74, 6) is 0.493. The molecule has 5 aromatic rings. The molecule has 5 rings (SSSR count). The highest BCUT2D eigenvalue weighted by molar-refractivity contribution is 6.31. The van der Waals surface area contributed by atoms with Gasteiger partial charge in [0.2, 0.25) is 0 Å². The summed E-state index contributed by atoms with van der Waals surface area (Å²) >= 11 is 6.09. The maximum absolute atomic E-state index is 12.7. The Morgan fingerprint density at radius 3 is 2.44 bits per heavy atom. The lowest BCUT2D eigenvalue weighted by molar-refractivity contribution is 0.0945. The number of hydrogen-bond acceptors (Lipinski definition) is 4. The summed E-state index contributed by atoms with van der Waals surface area (Å²) in [6.45, 7) is 3.28. The summed E-state index contributed by atoms with van der Waals surface area (Å²) in [6, 6.07) is 20.8. The van der Waals surface area contributed by atoms with Gasteiger partial charge in [-0.25, -0.2) is 4.98 Å². The number of rotatable bonds is 7. The highest BCUT2D eigenvalue weighted by Gasteiger charge is 2.13. The van der Waals surface area contributed by atoms with Crippen LogP contribution < -0.4 is 10.9 Å². The number of halogens is 1. The minimum absolute atomic E-state index is 0.0257.